The normalized spacial score (nSPS) is 23.5. The van der Waals surface area contributed by atoms with E-state index in [1.807, 2.05) is 0 Å². The van der Waals surface area contributed by atoms with Gasteiger partial charge in [-0.1, -0.05) is 13.3 Å². The standard InChI is InChI=1S/C15H20F2O2/c1-2-3-12-9-18-15(19-10-12)5-4-11-6-13(16)8-14(17)7-11/h6-8,12,15H,2-5,9-10H2,1H3. The summed E-state index contributed by atoms with van der Waals surface area (Å²) < 4.78 is 37.3. The molecular weight excluding hydrogens is 250 g/mol. The highest BCUT2D eigenvalue weighted by molar-refractivity contribution is 5.17. The third-order valence-electron chi connectivity index (χ3n) is 3.32. The predicted molar refractivity (Wildman–Crippen MR) is 68.8 cm³/mol. The number of ether oxygens (including phenoxy) is 2. The van der Waals surface area contributed by atoms with Gasteiger partial charge in [0.2, 0.25) is 0 Å². The summed E-state index contributed by atoms with van der Waals surface area (Å²) in [5.74, 6) is -0.597. The van der Waals surface area contributed by atoms with Gasteiger partial charge in [-0.25, -0.2) is 8.78 Å². The van der Waals surface area contributed by atoms with Crippen molar-refractivity contribution in [2.75, 3.05) is 13.2 Å². The molecule has 0 amide bonds. The molecule has 1 fully saturated rings. The second-order valence-electron chi connectivity index (χ2n) is 5.07. The minimum absolute atomic E-state index is 0.251. The van der Waals surface area contributed by atoms with Crippen molar-refractivity contribution < 1.29 is 18.3 Å². The number of hydrogen-bond donors (Lipinski definition) is 0. The second kappa shape index (κ2) is 6.96. The fraction of sp³-hybridized carbons (Fsp3) is 0.600. The van der Waals surface area contributed by atoms with Crippen molar-refractivity contribution in [1.82, 2.24) is 0 Å². The molecule has 0 radical (unpaired) electrons. The van der Waals surface area contributed by atoms with Gasteiger partial charge in [-0.05, 0) is 30.5 Å². The van der Waals surface area contributed by atoms with Crippen LogP contribution in [-0.2, 0) is 15.9 Å². The molecule has 19 heavy (non-hydrogen) atoms. The Morgan fingerprint density at radius 1 is 1.05 bits per heavy atom. The maximum atomic E-state index is 13.0. The summed E-state index contributed by atoms with van der Waals surface area (Å²) >= 11 is 0. The summed E-state index contributed by atoms with van der Waals surface area (Å²) in [7, 11) is 0. The highest BCUT2D eigenvalue weighted by atomic mass is 19.1. The molecular formula is C15H20F2O2. The molecule has 0 aliphatic carbocycles. The van der Waals surface area contributed by atoms with Crippen LogP contribution in [0.3, 0.4) is 0 Å². The third-order valence-corrected chi connectivity index (χ3v) is 3.32. The van der Waals surface area contributed by atoms with E-state index in [0.717, 1.165) is 32.1 Å². The molecule has 1 heterocycles. The maximum absolute atomic E-state index is 13.0. The molecule has 2 rings (SSSR count). The SMILES string of the molecule is CCCC1COC(CCc2cc(F)cc(F)c2)OC1. The van der Waals surface area contributed by atoms with E-state index in [1.54, 1.807) is 0 Å². The zero-order valence-electron chi connectivity index (χ0n) is 11.2. The Balaban J connectivity index is 1.77. The van der Waals surface area contributed by atoms with Crippen LogP contribution in [0.15, 0.2) is 18.2 Å². The number of halogens is 2. The molecule has 1 saturated heterocycles. The van der Waals surface area contributed by atoms with Gasteiger partial charge in [-0.2, -0.15) is 0 Å². The Labute approximate surface area is 112 Å². The van der Waals surface area contributed by atoms with Gasteiger partial charge in [-0.3, -0.25) is 0 Å². The van der Waals surface area contributed by atoms with Crippen molar-refractivity contribution in [3.05, 3.63) is 35.4 Å². The Bertz CT molecular complexity index is 381. The van der Waals surface area contributed by atoms with Crippen molar-refractivity contribution in [1.29, 1.82) is 0 Å². The summed E-state index contributed by atoms with van der Waals surface area (Å²) in [6.45, 7) is 3.58. The first-order valence-electron chi connectivity index (χ1n) is 6.85. The van der Waals surface area contributed by atoms with Gasteiger partial charge in [0.05, 0.1) is 13.2 Å². The van der Waals surface area contributed by atoms with E-state index in [0.29, 0.717) is 24.3 Å². The summed E-state index contributed by atoms with van der Waals surface area (Å²) in [6.07, 6.45) is 3.17. The van der Waals surface area contributed by atoms with Gasteiger partial charge >= 0.3 is 0 Å². The predicted octanol–water partition coefficient (Wildman–Crippen LogP) is 3.69. The summed E-state index contributed by atoms with van der Waals surface area (Å²) in [6, 6.07) is 3.59. The number of rotatable bonds is 5. The molecule has 0 aromatic heterocycles. The molecule has 0 bridgehead atoms. The first-order valence-corrected chi connectivity index (χ1v) is 6.85. The molecule has 1 aromatic rings. The molecule has 0 spiro atoms. The molecule has 2 nitrogen and oxygen atoms in total. The fourth-order valence-corrected chi connectivity index (χ4v) is 2.36. The Morgan fingerprint density at radius 3 is 2.26 bits per heavy atom. The van der Waals surface area contributed by atoms with Crippen LogP contribution in [0, 0.1) is 17.6 Å². The number of aryl methyl sites for hydroxylation is 1. The molecule has 4 heteroatoms. The first-order chi connectivity index (χ1) is 9.17. The Hall–Kier alpha value is -1.00. The third kappa shape index (κ3) is 4.55. The minimum Gasteiger partial charge on any atom is -0.352 e. The molecule has 0 atom stereocenters. The van der Waals surface area contributed by atoms with E-state index >= 15 is 0 Å². The zero-order valence-corrected chi connectivity index (χ0v) is 11.2. The van der Waals surface area contributed by atoms with Crippen LogP contribution < -0.4 is 0 Å². The van der Waals surface area contributed by atoms with Crippen molar-refractivity contribution in [3.63, 3.8) is 0 Å². The van der Waals surface area contributed by atoms with Crippen LogP contribution in [-0.4, -0.2) is 19.5 Å². The zero-order chi connectivity index (χ0) is 13.7. The van der Waals surface area contributed by atoms with Gasteiger partial charge in [-0.15, -0.1) is 0 Å². The van der Waals surface area contributed by atoms with Crippen molar-refractivity contribution >= 4 is 0 Å². The minimum atomic E-state index is -0.538. The molecule has 0 unspecified atom stereocenters. The largest absolute Gasteiger partial charge is 0.352 e. The van der Waals surface area contributed by atoms with E-state index in [1.165, 1.54) is 12.1 Å². The van der Waals surface area contributed by atoms with Gasteiger partial charge in [0.15, 0.2) is 6.29 Å². The van der Waals surface area contributed by atoms with Gasteiger partial charge in [0.25, 0.3) is 0 Å². The topological polar surface area (TPSA) is 18.5 Å². The van der Waals surface area contributed by atoms with Crippen LogP contribution in [0.4, 0.5) is 8.78 Å². The van der Waals surface area contributed by atoms with Gasteiger partial charge in [0, 0.05) is 18.4 Å². The molecule has 1 aromatic carbocycles. The quantitative estimate of drug-likeness (QED) is 0.812. The van der Waals surface area contributed by atoms with Crippen LogP contribution in [0.5, 0.6) is 0 Å². The van der Waals surface area contributed by atoms with E-state index in [2.05, 4.69) is 6.92 Å². The first kappa shape index (κ1) is 14.4. The Morgan fingerprint density at radius 2 is 1.68 bits per heavy atom. The lowest BCUT2D eigenvalue weighted by molar-refractivity contribution is -0.203. The smallest absolute Gasteiger partial charge is 0.157 e. The summed E-state index contributed by atoms with van der Waals surface area (Å²) in [5.41, 5.74) is 0.639. The maximum Gasteiger partial charge on any atom is 0.157 e. The van der Waals surface area contributed by atoms with Gasteiger partial charge < -0.3 is 9.47 Å². The van der Waals surface area contributed by atoms with E-state index in [-0.39, 0.29) is 6.29 Å². The summed E-state index contributed by atoms with van der Waals surface area (Å²) in [5, 5.41) is 0. The van der Waals surface area contributed by atoms with Crippen molar-refractivity contribution in [2.45, 2.75) is 38.9 Å². The highest BCUT2D eigenvalue weighted by Crippen LogP contribution is 2.19. The van der Waals surface area contributed by atoms with Gasteiger partial charge in [0.1, 0.15) is 11.6 Å². The fourth-order valence-electron chi connectivity index (χ4n) is 2.36. The van der Waals surface area contributed by atoms with Crippen LogP contribution in [0.25, 0.3) is 0 Å². The van der Waals surface area contributed by atoms with Crippen LogP contribution in [0.1, 0.15) is 31.7 Å². The van der Waals surface area contributed by atoms with E-state index in [4.69, 9.17) is 9.47 Å². The molecule has 1 aliphatic rings. The Kier molecular flexibility index (Phi) is 5.28. The lowest BCUT2D eigenvalue weighted by Crippen LogP contribution is -2.32. The van der Waals surface area contributed by atoms with Crippen LogP contribution >= 0.6 is 0 Å². The van der Waals surface area contributed by atoms with Crippen molar-refractivity contribution in [3.8, 4) is 0 Å². The number of hydrogen-bond acceptors (Lipinski definition) is 2. The summed E-state index contributed by atoms with van der Waals surface area (Å²) in [4.78, 5) is 0. The van der Waals surface area contributed by atoms with Crippen molar-refractivity contribution in [2.24, 2.45) is 5.92 Å². The molecule has 0 saturated carbocycles. The average Bonchev–Trinajstić information content (AvgIpc) is 2.37. The lowest BCUT2D eigenvalue weighted by atomic mass is 10.0. The monoisotopic (exact) mass is 270 g/mol. The highest BCUT2D eigenvalue weighted by Gasteiger charge is 2.21. The van der Waals surface area contributed by atoms with E-state index in [9.17, 15) is 8.78 Å². The number of benzene rings is 1. The lowest BCUT2D eigenvalue weighted by Gasteiger charge is -2.29. The molecule has 0 N–H and O–H groups in total. The average molecular weight is 270 g/mol. The molecule has 106 valence electrons. The molecule has 1 aliphatic heterocycles. The van der Waals surface area contributed by atoms with E-state index < -0.39 is 11.6 Å². The second-order valence-corrected chi connectivity index (χ2v) is 5.07. The van der Waals surface area contributed by atoms with Crippen LogP contribution in [0.2, 0.25) is 0 Å².